The zero-order chi connectivity index (χ0) is 25.7. The summed E-state index contributed by atoms with van der Waals surface area (Å²) in [5, 5.41) is 33.1. The quantitative estimate of drug-likeness (QED) is 0.0947. The second-order valence-electron chi connectivity index (χ2n) is 6.85. The molecule has 0 bridgehead atoms. The molecule has 0 fully saturated rings. The molecule has 4 amide bonds. The molecule has 0 saturated carbocycles. The largest absolute Gasteiger partial charge is 0.481 e. The highest BCUT2D eigenvalue weighted by atomic mass is 32.1. The first-order valence-electron chi connectivity index (χ1n) is 9.50. The van der Waals surface area contributed by atoms with Crippen molar-refractivity contribution in [3.8, 4) is 0 Å². The Kier molecular flexibility index (Phi) is 13.1. The van der Waals surface area contributed by atoms with E-state index in [1.54, 1.807) is 0 Å². The van der Waals surface area contributed by atoms with Crippen molar-refractivity contribution in [3.05, 3.63) is 0 Å². The zero-order valence-corrected chi connectivity index (χ0v) is 18.2. The van der Waals surface area contributed by atoms with E-state index in [2.05, 4.69) is 28.6 Å². The number of carboxylic acid groups (broad SMARTS) is 3. The fraction of sp³-hybridized carbons (Fsp3) is 0.588. The lowest BCUT2D eigenvalue weighted by atomic mass is 10.1. The third-order valence-corrected chi connectivity index (χ3v) is 4.49. The highest BCUT2D eigenvalue weighted by Gasteiger charge is 2.30. The molecule has 0 spiro atoms. The smallest absolute Gasteiger partial charge is 0.327 e. The average molecular weight is 493 g/mol. The number of aliphatic carboxylic acids is 3. The van der Waals surface area contributed by atoms with Gasteiger partial charge < -0.3 is 42.7 Å². The van der Waals surface area contributed by atoms with Crippen LogP contribution in [0.3, 0.4) is 0 Å². The lowest BCUT2D eigenvalue weighted by Crippen LogP contribution is -2.57. The molecule has 4 unspecified atom stereocenters. The maximum absolute atomic E-state index is 12.7. The SMILES string of the molecule is NC(=O)CCC(NC(=O)C(CCC(=O)O)NC(=O)C(N)CC(=O)O)C(=O)NC(CS)C(=O)O. The van der Waals surface area contributed by atoms with Crippen molar-refractivity contribution in [2.45, 2.75) is 56.3 Å². The summed E-state index contributed by atoms with van der Waals surface area (Å²) < 4.78 is 0. The van der Waals surface area contributed by atoms with Crippen LogP contribution in [-0.4, -0.2) is 86.8 Å². The van der Waals surface area contributed by atoms with E-state index >= 15 is 0 Å². The van der Waals surface area contributed by atoms with Crippen molar-refractivity contribution < 1.29 is 48.9 Å². The Morgan fingerprint density at radius 3 is 1.58 bits per heavy atom. The number of carbonyl (C=O) groups excluding carboxylic acids is 4. The summed E-state index contributed by atoms with van der Waals surface area (Å²) in [5.41, 5.74) is 10.5. The first kappa shape index (κ1) is 29.6. The summed E-state index contributed by atoms with van der Waals surface area (Å²) in [6.07, 6.45) is -2.48. The van der Waals surface area contributed by atoms with Gasteiger partial charge in [-0.2, -0.15) is 12.6 Å². The van der Waals surface area contributed by atoms with Crippen LogP contribution in [0.15, 0.2) is 0 Å². The van der Waals surface area contributed by atoms with Gasteiger partial charge in [0.1, 0.15) is 18.1 Å². The Morgan fingerprint density at radius 1 is 0.727 bits per heavy atom. The Hall–Kier alpha value is -3.40. The molecule has 0 saturated heterocycles. The Labute approximate surface area is 193 Å². The van der Waals surface area contributed by atoms with Crippen LogP contribution in [0.5, 0.6) is 0 Å². The van der Waals surface area contributed by atoms with Gasteiger partial charge in [-0.25, -0.2) is 4.79 Å². The minimum atomic E-state index is -1.54. The number of rotatable bonds is 16. The van der Waals surface area contributed by atoms with E-state index in [9.17, 15) is 33.6 Å². The van der Waals surface area contributed by atoms with Crippen molar-refractivity contribution in [1.82, 2.24) is 16.0 Å². The summed E-state index contributed by atoms with van der Waals surface area (Å²) in [6, 6.07) is -5.95. The molecule has 4 atom stereocenters. The summed E-state index contributed by atoms with van der Waals surface area (Å²) in [5.74, 6) is -8.29. The Balaban J connectivity index is 5.55. The monoisotopic (exact) mass is 493 g/mol. The maximum atomic E-state index is 12.7. The molecule has 0 aliphatic carbocycles. The number of amides is 4. The number of thiol groups is 1. The molecule has 0 aromatic heterocycles. The molecule has 0 aromatic rings. The highest BCUT2D eigenvalue weighted by molar-refractivity contribution is 7.80. The van der Waals surface area contributed by atoms with Gasteiger partial charge in [-0.3, -0.25) is 28.8 Å². The summed E-state index contributed by atoms with van der Waals surface area (Å²) in [4.78, 5) is 81.1. The first-order chi connectivity index (χ1) is 15.3. The zero-order valence-electron chi connectivity index (χ0n) is 17.4. The predicted molar refractivity (Wildman–Crippen MR) is 113 cm³/mol. The van der Waals surface area contributed by atoms with Gasteiger partial charge in [-0.15, -0.1) is 0 Å². The fourth-order valence-corrected chi connectivity index (χ4v) is 2.63. The van der Waals surface area contributed by atoms with Gasteiger partial charge in [-0.05, 0) is 12.8 Å². The topological polar surface area (TPSA) is 268 Å². The van der Waals surface area contributed by atoms with Crippen molar-refractivity contribution in [1.29, 1.82) is 0 Å². The van der Waals surface area contributed by atoms with Gasteiger partial charge in [0.05, 0.1) is 12.5 Å². The first-order valence-corrected chi connectivity index (χ1v) is 10.1. The van der Waals surface area contributed by atoms with E-state index < -0.39 is 85.0 Å². The standard InChI is InChI=1S/C17H27N5O10S/c18-7(5-13(26)27)14(28)20-9(2-4-12(24)25)15(29)21-8(1-3-11(19)23)16(30)22-10(6-33)17(31)32/h7-10,33H,1-6,18H2,(H2,19,23)(H,20,28)(H,21,29)(H,22,30)(H,24,25)(H,26,27)(H,31,32). The van der Waals surface area contributed by atoms with Gasteiger partial charge in [0.2, 0.25) is 23.6 Å². The summed E-state index contributed by atoms with van der Waals surface area (Å²) in [7, 11) is 0. The third kappa shape index (κ3) is 12.3. The molecule has 0 aliphatic heterocycles. The van der Waals surface area contributed by atoms with Crippen molar-refractivity contribution in [3.63, 3.8) is 0 Å². The van der Waals surface area contributed by atoms with E-state index in [4.69, 9.17) is 26.8 Å². The number of carboxylic acids is 3. The van der Waals surface area contributed by atoms with Crippen LogP contribution < -0.4 is 27.4 Å². The van der Waals surface area contributed by atoms with Gasteiger partial charge in [-0.1, -0.05) is 0 Å². The van der Waals surface area contributed by atoms with Crippen LogP contribution in [0.25, 0.3) is 0 Å². The number of hydrogen-bond acceptors (Lipinski definition) is 9. The van der Waals surface area contributed by atoms with Crippen LogP contribution >= 0.6 is 12.6 Å². The molecular formula is C17H27N5O10S. The van der Waals surface area contributed by atoms with Gasteiger partial charge in [0.15, 0.2) is 0 Å². The van der Waals surface area contributed by atoms with Gasteiger partial charge in [0, 0.05) is 18.6 Å². The number of nitrogens with one attached hydrogen (secondary N) is 3. The molecule has 16 heteroatoms. The Morgan fingerprint density at radius 2 is 1.18 bits per heavy atom. The van der Waals surface area contributed by atoms with Crippen LogP contribution in [0.2, 0.25) is 0 Å². The van der Waals surface area contributed by atoms with Crippen LogP contribution in [-0.2, 0) is 33.6 Å². The molecule has 186 valence electrons. The lowest BCUT2D eigenvalue weighted by Gasteiger charge is -2.24. The third-order valence-electron chi connectivity index (χ3n) is 4.12. The molecule has 0 radical (unpaired) electrons. The molecule has 15 nitrogen and oxygen atoms in total. The fourth-order valence-electron chi connectivity index (χ4n) is 2.38. The molecule has 0 heterocycles. The van der Waals surface area contributed by atoms with Gasteiger partial charge >= 0.3 is 17.9 Å². The number of hydrogen-bond donors (Lipinski definition) is 9. The average Bonchev–Trinajstić information content (AvgIpc) is 2.70. The molecule has 0 aromatic carbocycles. The van der Waals surface area contributed by atoms with E-state index in [0.29, 0.717) is 0 Å². The second kappa shape index (κ2) is 14.6. The van der Waals surface area contributed by atoms with E-state index in [1.165, 1.54) is 0 Å². The lowest BCUT2D eigenvalue weighted by molar-refractivity contribution is -0.141. The van der Waals surface area contributed by atoms with Crippen molar-refractivity contribution >= 4 is 54.2 Å². The van der Waals surface area contributed by atoms with Gasteiger partial charge in [0.25, 0.3) is 0 Å². The Bertz CT molecular complexity index is 777. The molecular weight excluding hydrogens is 466 g/mol. The minimum Gasteiger partial charge on any atom is -0.481 e. The predicted octanol–water partition coefficient (Wildman–Crippen LogP) is -3.61. The van der Waals surface area contributed by atoms with E-state index in [1.807, 2.05) is 0 Å². The van der Waals surface area contributed by atoms with Crippen LogP contribution in [0.4, 0.5) is 0 Å². The van der Waals surface area contributed by atoms with Crippen LogP contribution in [0.1, 0.15) is 32.1 Å². The maximum Gasteiger partial charge on any atom is 0.327 e. The van der Waals surface area contributed by atoms with E-state index in [0.717, 1.165) is 0 Å². The van der Waals surface area contributed by atoms with Crippen molar-refractivity contribution in [2.24, 2.45) is 11.5 Å². The highest BCUT2D eigenvalue weighted by Crippen LogP contribution is 2.05. The van der Waals surface area contributed by atoms with E-state index in [-0.39, 0.29) is 18.6 Å². The number of primary amides is 1. The normalized spacial score (nSPS) is 14.1. The molecule has 0 rings (SSSR count). The van der Waals surface area contributed by atoms with Crippen LogP contribution in [0, 0.1) is 0 Å². The van der Waals surface area contributed by atoms with Crippen molar-refractivity contribution in [2.75, 3.05) is 5.75 Å². The molecule has 0 aliphatic rings. The summed E-state index contributed by atoms with van der Waals surface area (Å²) in [6.45, 7) is 0. The number of nitrogens with two attached hydrogens (primary N) is 2. The molecule has 33 heavy (non-hydrogen) atoms. The number of carbonyl (C=O) groups is 7. The minimum absolute atomic E-state index is 0.281. The second-order valence-corrected chi connectivity index (χ2v) is 7.21. The summed E-state index contributed by atoms with van der Waals surface area (Å²) >= 11 is 3.80. The molecule has 10 N–H and O–H groups in total.